The number of anilines is 1. The first kappa shape index (κ1) is 18.7. The Morgan fingerprint density at radius 1 is 1.50 bits per heavy atom. The fourth-order valence-electron chi connectivity index (χ4n) is 2.84. The monoisotopic (exact) mass is 369 g/mol. The van der Waals surface area contributed by atoms with E-state index in [0.29, 0.717) is 17.3 Å². The van der Waals surface area contributed by atoms with Gasteiger partial charge in [-0.15, -0.1) is 12.4 Å². The zero-order valence-electron chi connectivity index (χ0n) is 13.4. The molecule has 1 aromatic heterocycles. The average Bonchev–Trinajstić information content (AvgIpc) is 2.94. The van der Waals surface area contributed by atoms with Crippen molar-refractivity contribution in [3.8, 4) is 0 Å². The molecule has 1 aromatic carbocycles. The highest BCUT2D eigenvalue weighted by molar-refractivity contribution is 6.30. The van der Waals surface area contributed by atoms with Crippen molar-refractivity contribution in [1.29, 1.82) is 0 Å². The highest BCUT2D eigenvalue weighted by Gasteiger charge is 2.28. The predicted molar refractivity (Wildman–Crippen MR) is 97.7 cm³/mol. The fraction of sp³-hybridized carbons (Fsp3) is 0.375. The molecular weight excluding hydrogens is 349 g/mol. The first-order valence-corrected chi connectivity index (χ1v) is 7.98. The maximum absolute atomic E-state index is 12.3. The van der Waals surface area contributed by atoms with Gasteiger partial charge < -0.3 is 15.2 Å². The van der Waals surface area contributed by atoms with Gasteiger partial charge in [0.15, 0.2) is 0 Å². The minimum atomic E-state index is -0.0478. The summed E-state index contributed by atoms with van der Waals surface area (Å²) in [5.74, 6) is 0.918. The van der Waals surface area contributed by atoms with Crippen molar-refractivity contribution >= 4 is 35.6 Å². The third-order valence-electron chi connectivity index (χ3n) is 3.97. The maximum atomic E-state index is 12.3. The van der Waals surface area contributed by atoms with E-state index >= 15 is 0 Å². The molecule has 1 atom stereocenters. The van der Waals surface area contributed by atoms with Gasteiger partial charge in [0.05, 0.1) is 12.6 Å². The first-order valence-electron chi connectivity index (χ1n) is 7.61. The number of halogens is 2. The van der Waals surface area contributed by atoms with Gasteiger partial charge in [-0.25, -0.2) is 4.98 Å². The molecule has 0 radical (unpaired) electrons. The molecule has 0 aliphatic carbocycles. The van der Waals surface area contributed by atoms with Crippen molar-refractivity contribution in [2.24, 2.45) is 7.05 Å². The normalized spacial score (nSPS) is 18.0. The Balaban J connectivity index is 0.00000208. The Hall–Kier alpha value is -1.60. The number of amides is 1. The van der Waals surface area contributed by atoms with Crippen molar-refractivity contribution in [3.63, 3.8) is 0 Å². The number of nitrogens with zero attached hydrogens (tertiary/aromatic N) is 3. The van der Waals surface area contributed by atoms with Gasteiger partial charge >= 0.3 is 0 Å². The number of benzene rings is 1. The Labute approximate surface area is 152 Å². The molecule has 1 aliphatic heterocycles. The molecule has 130 valence electrons. The number of aromatic nitrogens is 2. The summed E-state index contributed by atoms with van der Waals surface area (Å²) in [5, 5.41) is 6.87. The highest BCUT2D eigenvalue weighted by atomic mass is 35.5. The number of nitrogens with one attached hydrogen (secondary N) is 2. The van der Waals surface area contributed by atoms with E-state index in [1.807, 2.05) is 29.9 Å². The smallest absolute Gasteiger partial charge is 0.238 e. The van der Waals surface area contributed by atoms with E-state index in [0.717, 1.165) is 25.5 Å². The average molecular weight is 370 g/mol. The number of carbonyl (C=O) groups excluding carboxylic acids is 1. The molecule has 1 unspecified atom stereocenters. The minimum Gasteiger partial charge on any atom is -0.337 e. The second kappa shape index (κ2) is 8.48. The van der Waals surface area contributed by atoms with Crippen molar-refractivity contribution in [2.45, 2.75) is 6.04 Å². The van der Waals surface area contributed by atoms with Crippen LogP contribution in [0.25, 0.3) is 0 Å². The lowest BCUT2D eigenvalue weighted by Gasteiger charge is -2.35. The van der Waals surface area contributed by atoms with E-state index in [1.165, 1.54) is 0 Å². The summed E-state index contributed by atoms with van der Waals surface area (Å²) < 4.78 is 2.00. The molecule has 1 fully saturated rings. The third kappa shape index (κ3) is 4.48. The van der Waals surface area contributed by atoms with Gasteiger partial charge in [-0.05, 0) is 18.2 Å². The quantitative estimate of drug-likeness (QED) is 0.865. The van der Waals surface area contributed by atoms with Crippen LogP contribution in [-0.4, -0.2) is 46.5 Å². The molecule has 24 heavy (non-hydrogen) atoms. The number of rotatable bonds is 4. The van der Waals surface area contributed by atoms with Gasteiger partial charge in [-0.3, -0.25) is 9.69 Å². The molecule has 0 bridgehead atoms. The van der Waals surface area contributed by atoms with E-state index in [9.17, 15) is 4.79 Å². The van der Waals surface area contributed by atoms with Crippen LogP contribution in [0.15, 0.2) is 36.7 Å². The first-order chi connectivity index (χ1) is 11.1. The molecule has 3 rings (SSSR count). The summed E-state index contributed by atoms with van der Waals surface area (Å²) in [6.07, 6.45) is 3.71. The second-order valence-corrected chi connectivity index (χ2v) is 6.08. The van der Waals surface area contributed by atoms with Crippen molar-refractivity contribution in [2.75, 3.05) is 31.5 Å². The van der Waals surface area contributed by atoms with Crippen LogP contribution in [0.4, 0.5) is 5.69 Å². The molecule has 0 spiro atoms. The summed E-state index contributed by atoms with van der Waals surface area (Å²) in [7, 11) is 1.97. The van der Waals surface area contributed by atoms with Crippen LogP contribution in [0, 0.1) is 0 Å². The van der Waals surface area contributed by atoms with Crippen LogP contribution in [0.3, 0.4) is 0 Å². The lowest BCUT2D eigenvalue weighted by Crippen LogP contribution is -2.49. The van der Waals surface area contributed by atoms with Crippen LogP contribution < -0.4 is 10.6 Å². The second-order valence-electron chi connectivity index (χ2n) is 5.65. The van der Waals surface area contributed by atoms with Gasteiger partial charge in [0.25, 0.3) is 0 Å². The van der Waals surface area contributed by atoms with Crippen LogP contribution in [0.1, 0.15) is 11.9 Å². The fourth-order valence-corrected chi connectivity index (χ4v) is 3.03. The maximum Gasteiger partial charge on any atom is 0.238 e. The molecule has 2 N–H and O–H groups in total. The van der Waals surface area contributed by atoms with Crippen LogP contribution in [0.2, 0.25) is 5.02 Å². The van der Waals surface area contributed by atoms with Gasteiger partial charge in [0.2, 0.25) is 5.91 Å². The third-order valence-corrected chi connectivity index (χ3v) is 4.20. The summed E-state index contributed by atoms with van der Waals surface area (Å²) in [4.78, 5) is 18.9. The number of imidazole rings is 1. The molecule has 2 aromatic rings. The number of hydrogen-bond acceptors (Lipinski definition) is 4. The van der Waals surface area contributed by atoms with E-state index in [1.54, 1.807) is 18.3 Å². The van der Waals surface area contributed by atoms with E-state index in [2.05, 4.69) is 20.5 Å². The lowest BCUT2D eigenvalue weighted by atomic mass is 10.1. The Bertz CT molecular complexity index is 691. The van der Waals surface area contributed by atoms with Gasteiger partial charge in [0, 0.05) is 49.8 Å². The molecule has 1 saturated heterocycles. The Kier molecular flexibility index (Phi) is 6.62. The van der Waals surface area contributed by atoms with E-state index in [4.69, 9.17) is 11.6 Å². The number of aryl methyl sites for hydroxylation is 1. The van der Waals surface area contributed by atoms with Crippen LogP contribution in [-0.2, 0) is 11.8 Å². The number of piperazine rings is 1. The van der Waals surface area contributed by atoms with Gasteiger partial charge in [-0.2, -0.15) is 0 Å². The molecule has 2 heterocycles. The zero-order chi connectivity index (χ0) is 16.2. The van der Waals surface area contributed by atoms with Gasteiger partial charge in [0.1, 0.15) is 5.82 Å². The largest absolute Gasteiger partial charge is 0.337 e. The minimum absolute atomic E-state index is 0. The Morgan fingerprint density at radius 2 is 2.33 bits per heavy atom. The number of carbonyl (C=O) groups is 1. The molecule has 0 saturated carbocycles. The van der Waals surface area contributed by atoms with Crippen LogP contribution in [0.5, 0.6) is 0 Å². The molecule has 6 nitrogen and oxygen atoms in total. The summed E-state index contributed by atoms with van der Waals surface area (Å²) in [5.41, 5.74) is 0.714. The van der Waals surface area contributed by atoms with E-state index < -0.39 is 0 Å². The lowest BCUT2D eigenvalue weighted by molar-refractivity contribution is -0.118. The van der Waals surface area contributed by atoms with Crippen LogP contribution >= 0.6 is 24.0 Å². The highest BCUT2D eigenvalue weighted by Crippen LogP contribution is 2.20. The summed E-state index contributed by atoms with van der Waals surface area (Å²) >= 11 is 5.95. The molecule has 1 aliphatic rings. The number of hydrogen-bond donors (Lipinski definition) is 2. The van der Waals surface area contributed by atoms with E-state index in [-0.39, 0.29) is 24.4 Å². The van der Waals surface area contributed by atoms with Crippen molar-refractivity contribution < 1.29 is 4.79 Å². The summed E-state index contributed by atoms with van der Waals surface area (Å²) in [6.45, 7) is 2.78. The molecule has 1 amide bonds. The zero-order valence-corrected chi connectivity index (χ0v) is 15.0. The van der Waals surface area contributed by atoms with Gasteiger partial charge in [-0.1, -0.05) is 17.7 Å². The Morgan fingerprint density at radius 3 is 3.04 bits per heavy atom. The SMILES string of the molecule is Cl.Cn1ccnc1C1CNCCN1CC(=O)Nc1cccc(Cl)c1. The summed E-state index contributed by atoms with van der Waals surface area (Å²) in [6, 6.07) is 7.27. The molecule has 8 heteroatoms. The molecular formula is C16H21Cl2N5O. The van der Waals surface area contributed by atoms with Crippen molar-refractivity contribution in [1.82, 2.24) is 19.8 Å². The standard InChI is InChI=1S/C16H20ClN5O.ClH/c1-21-7-6-19-16(21)14-10-18-5-8-22(14)11-15(23)20-13-4-2-3-12(17)9-13;/h2-4,6-7,9,14,18H,5,8,10-11H2,1H3,(H,20,23);1H. The predicted octanol–water partition coefficient (Wildman–Crippen LogP) is 2.08. The topological polar surface area (TPSA) is 62.2 Å². The van der Waals surface area contributed by atoms with Crippen molar-refractivity contribution in [3.05, 3.63) is 47.5 Å².